The number of carboxylic acid groups (broad SMARTS) is 1. The van der Waals surface area contributed by atoms with Gasteiger partial charge in [0.25, 0.3) is 0 Å². The van der Waals surface area contributed by atoms with Crippen LogP contribution in [0.3, 0.4) is 0 Å². The number of hydrogen-bond donors (Lipinski definition) is 2. The lowest BCUT2D eigenvalue weighted by atomic mass is 10.2. The second-order valence-electron chi connectivity index (χ2n) is 3.98. The summed E-state index contributed by atoms with van der Waals surface area (Å²) in [4.78, 5) is 15.1. The maximum absolute atomic E-state index is 10.9. The minimum Gasteiger partial charge on any atom is -0.507 e. The van der Waals surface area contributed by atoms with E-state index in [9.17, 15) is 9.90 Å². The first-order chi connectivity index (χ1) is 9.15. The lowest BCUT2D eigenvalue weighted by molar-refractivity contribution is 0.0697. The highest BCUT2D eigenvalue weighted by atomic mass is 16.4. The van der Waals surface area contributed by atoms with Crippen LogP contribution < -0.4 is 0 Å². The third kappa shape index (κ3) is 1.89. The number of aromatic carboxylic acids is 1. The molecule has 0 fully saturated rings. The number of aromatic hydroxyl groups is 1. The number of rotatable bonds is 2. The van der Waals surface area contributed by atoms with Gasteiger partial charge in [0, 0.05) is 6.20 Å². The van der Waals surface area contributed by atoms with Crippen LogP contribution in [0, 0.1) is 0 Å². The Labute approximate surface area is 107 Å². The first-order valence-electron chi connectivity index (χ1n) is 5.53. The van der Waals surface area contributed by atoms with Gasteiger partial charge < -0.3 is 10.2 Å². The van der Waals surface area contributed by atoms with E-state index >= 15 is 0 Å². The first kappa shape index (κ1) is 11.2. The summed E-state index contributed by atoms with van der Waals surface area (Å²) in [6.07, 6.45) is 1.52. The van der Waals surface area contributed by atoms with Crippen molar-refractivity contribution in [3.8, 4) is 17.1 Å². The predicted octanol–water partition coefficient (Wildman–Crippen LogP) is 1.80. The molecule has 1 aromatic carbocycles. The number of aromatic nitrogens is 3. The van der Waals surface area contributed by atoms with Crippen molar-refractivity contribution >= 4 is 11.6 Å². The Bertz CT molecular complexity index is 780. The molecule has 3 rings (SSSR count). The molecule has 6 nitrogen and oxygen atoms in total. The van der Waals surface area contributed by atoms with E-state index in [0.29, 0.717) is 17.0 Å². The summed E-state index contributed by atoms with van der Waals surface area (Å²) >= 11 is 0. The Balaban J connectivity index is 2.17. The number of carbonyl (C=O) groups is 1. The van der Waals surface area contributed by atoms with E-state index in [1.54, 1.807) is 24.3 Å². The predicted molar refractivity (Wildman–Crippen MR) is 67.0 cm³/mol. The molecular formula is C13H9N3O3. The molecule has 0 amide bonds. The Morgan fingerprint density at radius 3 is 2.74 bits per heavy atom. The molecule has 0 saturated heterocycles. The van der Waals surface area contributed by atoms with E-state index in [0.717, 1.165) is 0 Å². The highest BCUT2D eigenvalue weighted by Crippen LogP contribution is 2.26. The number of nitrogens with zero attached hydrogens (tertiary/aromatic N) is 3. The molecule has 0 aliphatic rings. The van der Waals surface area contributed by atoms with Crippen LogP contribution in [0.4, 0.5) is 0 Å². The van der Waals surface area contributed by atoms with Crippen molar-refractivity contribution in [2.45, 2.75) is 0 Å². The lowest BCUT2D eigenvalue weighted by Gasteiger charge is -1.97. The SMILES string of the molecule is O=C(O)c1ccn2nc(-c3ccccc3O)nc2c1. The number of fused-ring (bicyclic) bond motifs is 1. The van der Waals surface area contributed by atoms with Crippen LogP contribution in [0.25, 0.3) is 17.0 Å². The molecule has 94 valence electrons. The number of hydrogen-bond acceptors (Lipinski definition) is 4. The Morgan fingerprint density at radius 2 is 2.00 bits per heavy atom. The highest BCUT2D eigenvalue weighted by molar-refractivity contribution is 5.88. The zero-order valence-corrected chi connectivity index (χ0v) is 9.69. The number of benzene rings is 1. The lowest BCUT2D eigenvalue weighted by Crippen LogP contribution is -1.97. The van der Waals surface area contributed by atoms with Crippen molar-refractivity contribution < 1.29 is 15.0 Å². The van der Waals surface area contributed by atoms with Gasteiger partial charge in [-0.1, -0.05) is 12.1 Å². The topological polar surface area (TPSA) is 87.7 Å². The van der Waals surface area contributed by atoms with E-state index in [2.05, 4.69) is 10.1 Å². The zero-order chi connectivity index (χ0) is 13.4. The van der Waals surface area contributed by atoms with Crippen LogP contribution >= 0.6 is 0 Å². The van der Waals surface area contributed by atoms with Crippen molar-refractivity contribution in [3.05, 3.63) is 48.2 Å². The molecule has 3 aromatic rings. The van der Waals surface area contributed by atoms with Gasteiger partial charge in [0.2, 0.25) is 0 Å². The van der Waals surface area contributed by atoms with E-state index in [4.69, 9.17) is 5.11 Å². The molecule has 0 unspecified atom stereocenters. The van der Waals surface area contributed by atoms with Gasteiger partial charge in [-0.25, -0.2) is 14.3 Å². The Morgan fingerprint density at radius 1 is 1.21 bits per heavy atom. The number of para-hydroxylation sites is 1. The molecule has 0 aliphatic heterocycles. The van der Waals surface area contributed by atoms with Gasteiger partial charge in [-0.05, 0) is 24.3 Å². The Hall–Kier alpha value is -2.89. The first-order valence-corrected chi connectivity index (χ1v) is 5.53. The molecule has 0 spiro atoms. The van der Waals surface area contributed by atoms with Crippen molar-refractivity contribution in [2.24, 2.45) is 0 Å². The minimum atomic E-state index is -1.02. The van der Waals surface area contributed by atoms with Gasteiger partial charge in [-0.3, -0.25) is 0 Å². The summed E-state index contributed by atoms with van der Waals surface area (Å²) in [5.74, 6) is -0.591. The van der Waals surface area contributed by atoms with Crippen LogP contribution in [-0.4, -0.2) is 30.8 Å². The molecule has 6 heteroatoms. The van der Waals surface area contributed by atoms with Crippen LogP contribution in [-0.2, 0) is 0 Å². The fourth-order valence-electron chi connectivity index (χ4n) is 1.79. The average Bonchev–Trinajstić information content (AvgIpc) is 2.81. The monoisotopic (exact) mass is 255 g/mol. The van der Waals surface area contributed by atoms with E-state index in [1.807, 2.05) is 0 Å². The maximum Gasteiger partial charge on any atom is 0.335 e. The van der Waals surface area contributed by atoms with Crippen LogP contribution in [0.5, 0.6) is 5.75 Å². The molecule has 0 saturated carbocycles. The molecule has 0 atom stereocenters. The van der Waals surface area contributed by atoms with Gasteiger partial charge >= 0.3 is 5.97 Å². The second kappa shape index (κ2) is 4.09. The smallest absolute Gasteiger partial charge is 0.335 e. The number of carboxylic acids is 1. The van der Waals surface area contributed by atoms with Crippen molar-refractivity contribution in [2.75, 3.05) is 0 Å². The van der Waals surface area contributed by atoms with E-state index < -0.39 is 5.97 Å². The molecular weight excluding hydrogens is 246 g/mol. The molecule has 2 N–H and O–H groups in total. The molecule has 0 radical (unpaired) electrons. The summed E-state index contributed by atoms with van der Waals surface area (Å²) in [7, 11) is 0. The third-order valence-electron chi connectivity index (χ3n) is 2.73. The highest BCUT2D eigenvalue weighted by Gasteiger charge is 2.11. The summed E-state index contributed by atoms with van der Waals surface area (Å²) in [5.41, 5.74) is 1.06. The quantitative estimate of drug-likeness (QED) is 0.729. The largest absolute Gasteiger partial charge is 0.507 e. The average molecular weight is 255 g/mol. The van der Waals surface area contributed by atoms with Crippen LogP contribution in [0.15, 0.2) is 42.6 Å². The van der Waals surface area contributed by atoms with Crippen molar-refractivity contribution in [3.63, 3.8) is 0 Å². The molecule has 2 heterocycles. The number of pyridine rings is 1. The van der Waals surface area contributed by atoms with E-state index in [1.165, 1.54) is 22.8 Å². The molecule has 19 heavy (non-hydrogen) atoms. The zero-order valence-electron chi connectivity index (χ0n) is 9.69. The minimum absolute atomic E-state index is 0.0804. The standard InChI is InChI=1S/C13H9N3O3/c17-10-4-2-1-3-9(10)12-14-11-7-8(13(18)19)5-6-16(11)15-12/h1-7,17H,(H,18,19). The fourth-order valence-corrected chi connectivity index (χ4v) is 1.79. The van der Waals surface area contributed by atoms with Gasteiger partial charge in [-0.15, -0.1) is 5.10 Å². The van der Waals surface area contributed by atoms with Crippen LogP contribution in [0.2, 0.25) is 0 Å². The molecule has 0 bridgehead atoms. The van der Waals surface area contributed by atoms with Crippen LogP contribution in [0.1, 0.15) is 10.4 Å². The van der Waals surface area contributed by atoms with E-state index in [-0.39, 0.29) is 11.3 Å². The van der Waals surface area contributed by atoms with Gasteiger partial charge in [0.1, 0.15) is 5.75 Å². The third-order valence-corrected chi connectivity index (χ3v) is 2.73. The summed E-state index contributed by atoms with van der Waals surface area (Å²) in [5, 5.41) is 22.9. The summed E-state index contributed by atoms with van der Waals surface area (Å²) < 4.78 is 1.47. The Kier molecular flexibility index (Phi) is 2.42. The summed E-state index contributed by atoms with van der Waals surface area (Å²) in [6, 6.07) is 9.59. The van der Waals surface area contributed by atoms with Crippen molar-refractivity contribution in [1.82, 2.24) is 14.6 Å². The van der Waals surface area contributed by atoms with Gasteiger partial charge in [0.05, 0.1) is 11.1 Å². The second-order valence-corrected chi connectivity index (χ2v) is 3.98. The number of phenols is 1. The molecule has 2 aromatic heterocycles. The van der Waals surface area contributed by atoms with Gasteiger partial charge in [0.15, 0.2) is 11.5 Å². The summed E-state index contributed by atoms with van der Waals surface area (Å²) in [6.45, 7) is 0. The molecule has 0 aliphatic carbocycles. The normalized spacial score (nSPS) is 10.7. The number of phenolic OH excluding ortho intramolecular Hbond substituents is 1. The fraction of sp³-hybridized carbons (Fsp3) is 0. The van der Waals surface area contributed by atoms with Crippen molar-refractivity contribution in [1.29, 1.82) is 0 Å². The van der Waals surface area contributed by atoms with Gasteiger partial charge in [-0.2, -0.15) is 0 Å². The maximum atomic E-state index is 10.9.